The van der Waals surface area contributed by atoms with Gasteiger partial charge >= 0.3 is 6.18 Å². The molecule has 0 bridgehead atoms. The predicted molar refractivity (Wildman–Crippen MR) is 81.9 cm³/mol. The van der Waals surface area contributed by atoms with Crippen LogP contribution in [0.25, 0.3) is 0 Å². The van der Waals surface area contributed by atoms with Crippen molar-refractivity contribution in [3.05, 3.63) is 59.7 Å². The van der Waals surface area contributed by atoms with Gasteiger partial charge in [0.15, 0.2) is 0 Å². The van der Waals surface area contributed by atoms with Crippen LogP contribution in [0.1, 0.15) is 11.1 Å². The molecular formula is C16H14F3NOS. The van der Waals surface area contributed by atoms with Crippen molar-refractivity contribution in [1.29, 1.82) is 0 Å². The summed E-state index contributed by atoms with van der Waals surface area (Å²) in [5.74, 6) is 0.244. The second-order valence-corrected chi connectivity index (χ2v) is 5.73. The van der Waals surface area contributed by atoms with Gasteiger partial charge in [-0.15, -0.1) is 11.8 Å². The van der Waals surface area contributed by atoms with E-state index in [0.717, 1.165) is 22.6 Å². The van der Waals surface area contributed by atoms with E-state index in [4.69, 9.17) is 0 Å². The van der Waals surface area contributed by atoms with E-state index in [2.05, 4.69) is 0 Å². The van der Waals surface area contributed by atoms with E-state index in [9.17, 15) is 18.0 Å². The highest BCUT2D eigenvalue weighted by Crippen LogP contribution is 2.32. The van der Waals surface area contributed by atoms with E-state index in [-0.39, 0.29) is 11.6 Å². The first-order chi connectivity index (χ1) is 10.4. The Kier molecular flexibility index (Phi) is 5.13. The average Bonchev–Trinajstić information content (AvgIpc) is 2.49. The molecule has 0 aliphatic rings. The molecule has 1 amide bonds. The lowest BCUT2D eigenvalue weighted by Gasteiger charge is -2.18. The van der Waals surface area contributed by atoms with Gasteiger partial charge in [-0.1, -0.05) is 23.8 Å². The van der Waals surface area contributed by atoms with E-state index in [1.165, 1.54) is 28.8 Å². The molecule has 0 spiro atoms. The van der Waals surface area contributed by atoms with Crippen molar-refractivity contribution in [2.75, 3.05) is 10.8 Å². The van der Waals surface area contributed by atoms with Crippen LogP contribution in [0.15, 0.2) is 53.4 Å². The van der Waals surface area contributed by atoms with Gasteiger partial charge in [-0.25, -0.2) is 0 Å². The number of halogens is 3. The molecular weight excluding hydrogens is 311 g/mol. The van der Waals surface area contributed by atoms with E-state index in [1.807, 2.05) is 31.2 Å². The van der Waals surface area contributed by atoms with Crippen molar-refractivity contribution in [2.24, 2.45) is 0 Å². The van der Waals surface area contributed by atoms with Crippen LogP contribution in [0, 0.1) is 6.92 Å². The van der Waals surface area contributed by atoms with Gasteiger partial charge in [0.1, 0.15) is 0 Å². The van der Waals surface area contributed by atoms with Crippen LogP contribution in [-0.4, -0.2) is 12.3 Å². The number of aryl methyl sites for hydroxylation is 1. The first-order valence-electron chi connectivity index (χ1n) is 6.49. The summed E-state index contributed by atoms with van der Waals surface area (Å²) < 4.78 is 38.1. The van der Waals surface area contributed by atoms with Gasteiger partial charge in [0.25, 0.3) is 0 Å². The number of anilines is 1. The number of hydrogen-bond donors (Lipinski definition) is 0. The zero-order valence-electron chi connectivity index (χ0n) is 11.8. The Morgan fingerprint density at radius 2 is 1.82 bits per heavy atom. The van der Waals surface area contributed by atoms with Crippen molar-refractivity contribution < 1.29 is 18.0 Å². The van der Waals surface area contributed by atoms with Crippen LogP contribution in [-0.2, 0) is 11.0 Å². The molecule has 0 heterocycles. The third-order valence-electron chi connectivity index (χ3n) is 3.02. The molecule has 0 aliphatic heterocycles. The fourth-order valence-electron chi connectivity index (χ4n) is 1.81. The minimum Gasteiger partial charge on any atom is -0.305 e. The van der Waals surface area contributed by atoms with E-state index >= 15 is 0 Å². The van der Waals surface area contributed by atoms with E-state index in [0.29, 0.717) is 6.41 Å². The third-order valence-corrected chi connectivity index (χ3v) is 4.04. The van der Waals surface area contributed by atoms with Crippen LogP contribution in [0.5, 0.6) is 0 Å². The maximum atomic E-state index is 12.7. The first-order valence-corrected chi connectivity index (χ1v) is 7.47. The summed E-state index contributed by atoms with van der Waals surface area (Å²) in [6, 6.07) is 12.5. The molecule has 22 heavy (non-hydrogen) atoms. The number of hydrogen-bond acceptors (Lipinski definition) is 2. The summed E-state index contributed by atoms with van der Waals surface area (Å²) in [6.45, 7) is 1.97. The summed E-state index contributed by atoms with van der Waals surface area (Å²) in [7, 11) is 0. The molecule has 2 aromatic rings. The van der Waals surface area contributed by atoms with Gasteiger partial charge in [-0.2, -0.15) is 13.2 Å². The second kappa shape index (κ2) is 6.87. The Labute approximate surface area is 130 Å². The molecule has 0 saturated carbocycles. The van der Waals surface area contributed by atoms with Crippen molar-refractivity contribution >= 4 is 23.9 Å². The van der Waals surface area contributed by atoms with Gasteiger partial charge in [0.05, 0.1) is 11.4 Å². The lowest BCUT2D eigenvalue weighted by molar-refractivity contribution is -0.137. The number of benzene rings is 2. The minimum atomic E-state index is -4.42. The molecule has 0 atom stereocenters. The van der Waals surface area contributed by atoms with Crippen molar-refractivity contribution in [3.63, 3.8) is 0 Å². The normalized spacial score (nSPS) is 11.3. The summed E-state index contributed by atoms with van der Waals surface area (Å²) in [5.41, 5.74) is 0.580. The Morgan fingerprint density at radius 3 is 2.41 bits per heavy atom. The summed E-state index contributed by atoms with van der Waals surface area (Å²) in [5, 5.41) is 0. The molecule has 0 aromatic heterocycles. The van der Waals surface area contributed by atoms with Crippen LogP contribution in [0.4, 0.5) is 18.9 Å². The number of carbonyl (C=O) groups is 1. The summed E-state index contributed by atoms with van der Waals surface area (Å²) in [6.07, 6.45) is -3.88. The zero-order valence-corrected chi connectivity index (χ0v) is 12.6. The monoisotopic (exact) mass is 325 g/mol. The highest BCUT2D eigenvalue weighted by Gasteiger charge is 2.30. The minimum absolute atomic E-state index is 0.226. The molecule has 0 unspecified atom stereocenters. The maximum Gasteiger partial charge on any atom is 0.416 e. The number of thioether (sulfide) groups is 1. The van der Waals surface area contributed by atoms with Gasteiger partial charge in [0.2, 0.25) is 6.41 Å². The third kappa shape index (κ3) is 4.27. The van der Waals surface area contributed by atoms with Crippen molar-refractivity contribution in [2.45, 2.75) is 18.0 Å². The van der Waals surface area contributed by atoms with Crippen LogP contribution in [0.2, 0.25) is 0 Å². The molecule has 6 heteroatoms. The smallest absolute Gasteiger partial charge is 0.305 e. The highest BCUT2D eigenvalue weighted by molar-refractivity contribution is 7.99. The molecule has 2 nitrogen and oxygen atoms in total. The van der Waals surface area contributed by atoms with E-state index < -0.39 is 11.7 Å². The van der Waals surface area contributed by atoms with Crippen molar-refractivity contribution in [1.82, 2.24) is 0 Å². The standard InChI is InChI=1S/C16H14F3NOS/c1-12-5-7-15(8-6-12)22-11-20(10-21)14-4-2-3-13(9-14)16(17,18)19/h2-10H,11H2,1H3. The fourth-order valence-corrected chi connectivity index (χ4v) is 2.63. The summed E-state index contributed by atoms with van der Waals surface area (Å²) in [4.78, 5) is 13.4. The van der Waals surface area contributed by atoms with Gasteiger partial charge < -0.3 is 4.90 Å². The topological polar surface area (TPSA) is 20.3 Å². The SMILES string of the molecule is Cc1ccc(SCN(C=O)c2cccc(C(F)(F)F)c2)cc1. The summed E-state index contributed by atoms with van der Waals surface area (Å²) >= 11 is 1.38. The maximum absolute atomic E-state index is 12.7. The van der Waals surface area contributed by atoms with Crippen molar-refractivity contribution in [3.8, 4) is 0 Å². The second-order valence-electron chi connectivity index (χ2n) is 4.71. The Bertz CT molecular complexity index is 641. The predicted octanol–water partition coefficient (Wildman–Crippen LogP) is 4.73. The fraction of sp³-hybridized carbons (Fsp3) is 0.188. The Balaban J connectivity index is 2.11. The molecule has 2 aromatic carbocycles. The molecule has 0 saturated heterocycles. The van der Waals surface area contributed by atoms with Gasteiger partial charge in [0, 0.05) is 10.6 Å². The lowest BCUT2D eigenvalue weighted by Crippen LogP contribution is -2.20. The highest BCUT2D eigenvalue weighted by atomic mass is 32.2. The molecule has 2 rings (SSSR count). The Hall–Kier alpha value is -1.95. The number of carbonyl (C=O) groups excluding carboxylic acids is 1. The first kappa shape index (κ1) is 16.4. The molecule has 0 aliphatic carbocycles. The van der Waals surface area contributed by atoms with Crippen LogP contribution in [0.3, 0.4) is 0 Å². The van der Waals surface area contributed by atoms with Gasteiger partial charge in [-0.05, 0) is 37.3 Å². The zero-order chi connectivity index (χ0) is 16.2. The molecule has 116 valence electrons. The number of rotatable bonds is 5. The van der Waals surface area contributed by atoms with Gasteiger partial charge in [-0.3, -0.25) is 4.79 Å². The quantitative estimate of drug-likeness (QED) is 0.450. The largest absolute Gasteiger partial charge is 0.416 e. The molecule has 0 N–H and O–H groups in total. The number of nitrogens with zero attached hydrogens (tertiary/aromatic N) is 1. The number of amides is 1. The Morgan fingerprint density at radius 1 is 1.14 bits per heavy atom. The van der Waals surface area contributed by atoms with Crippen LogP contribution < -0.4 is 4.90 Å². The molecule has 0 fully saturated rings. The number of alkyl halides is 3. The molecule has 0 radical (unpaired) electrons. The lowest BCUT2D eigenvalue weighted by atomic mass is 10.2. The van der Waals surface area contributed by atoms with E-state index in [1.54, 1.807) is 0 Å². The van der Waals surface area contributed by atoms with Crippen LogP contribution >= 0.6 is 11.8 Å². The average molecular weight is 325 g/mol.